The maximum absolute atomic E-state index is 11.8. The SMILES string of the molecule is N[C@@H](CCC(=O)O)C(=O)Nc1ccc2ncccc2c1. The third-order valence-corrected chi connectivity index (χ3v) is 2.88. The number of hydrogen-bond acceptors (Lipinski definition) is 4. The first-order valence-corrected chi connectivity index (χ1v) is 6.19. The van der Waals surface area contributed by atoms with Crippen molar-refractivity contribution < 1.29 is 14.7 Å². The topological polar surface area (TPSA) is 105 Å². The molecule has 0 saturated carbocycles. The maximum Gasteiger partial charge on any atom is 0.303 e. The number of aliphatic carboxylic acids is 1. The number of carbonyl (C=O) groups is 2. The van der Waals surface area contributed by atoms with Crippen LogP contribution < -0.4 is 11.1 Å². The van der Waals surface area contributed by atoms with Gasteiger partial charge in [0.2, 0.25) is 5.91 Å². The molecule has 0 aliphatic carbocycles. The van der Waals surface area contributed by atoms with Gasteiger partial charge < -0.3 is 16.2 Å². The first-order chi connectivity index (χ1) is 9.56. The molecule has 1 amide bonds. The summed E-state index contributed by atoms with van der Waals surface area (Å²) in [5.41, 5.74) is 7.08. The van der Waals surface area contributed by atoms with Crippen molar-refractivity contribution in [1.82, 2.24) is 4.98 Å². The second-order valence-electron chi connectivity index (χ2n) is 4.44. The van der Waals surface area contributed by atoms with Crippen molar-refractivity contribution >= 4 is 28.5 Å². The van der Waals surface area contributed by atoms with Crippen molar-refractivity contribution in [2.24, 2.45) is 5.73 Å². The van der Waals surface area contributed by atoms with Crippen LogP contribution >= 0.6 is 0 Å². The average molecular weight is 273 g/mol. The number of amides is 1. The number of nitrogens with zero attached hydrogens (tertiary/aromatic N) is 1. The summed E-state index contributed by atoms with van der Waals surface area (Å²) in [6, 6.07) is 8.19. The number of benzene rings is 1. The van der Waals surface area contributed by atoms with E-state index in [9.17, 15) is 9.59 Å². The minimum absolute atomic E-state index is 0.107. The summed E-state index contributed by atoms with van der Waals surface area (Å²) in [5.74, 6) is -1.36. The highest BCUT2D eigenvalue weighted by Gasteiger charge is 2.15. The minimum Gasteiger partial charge on any atom is -0.481 e. The number of nitrogens with one attached hydrogen (secondary N) is 1. The van der Waals surface area contributed by atoms with Gasteiger partial charge in [-0.25, -0.2) is 0 Å². The van der Waals surface area contributed by atoms with Gasteiger partial charge in [-0.15, -0.1) is 0 Å². The Balaban J connectivity index is 2.03. The standard InChI is InChI=1S/C14H15N3O3/c15-11(4-6-13(18)19)14(20)17-10-3-5-12-9(8-10)2-1-7-16-12/h1-3,5,7-8,11H,4,6,15H2,(H,17,20)(H,18,19)/t11-/m0/s1. The fourth-order valence-corrected chi connectivity index (χ4v) is 1.80. The van der Waals surface area contributed by atoms with E-state index in [-0.39, 0.29) is 12.8 Å². The van der Waals surface area contributed by atoms with E-state index in [1.165, 1.54) is 0 Å². The zero-order chi connectivity index (χ0) is 14.5. The molecule has 1 atom stereocenters. The molecule has 0 radical (unpaired) electrons. The van der Waals surface area contributed by atoms with Crippen molar-refractivity contribution in [2.75, 3.05) is 5.32 Å². The molecule has 1 aromatic carbocycles. The first kappa shape index (κ1) is 14.0. The zero-order valence-corrected chi connectivity index (χ0v) is 10.7. The lowest BCUT2D eigenvalue weighted by atomic mass is 10.1. The van der Waals surface area contributed by atoms with Crippen LogP contribution in [0.15, 0.2) is 36.5 Å². The quantitative estimate of drug-likeness (QED) is 0.763. The third kappa shape index (κ3) is 3.52. The normalized spacial score (nSPS) is 12.1. The highest BCUT2D eigenvalue weighted by atomic mass is 16.4. The fraction of sp³-hybridized carbons (Fsp3) is 0.214. The van der Waals surface area contributed by atoms with Crippen LogP contribution in [0, 0.1) is 0 Å². The molecule has 0 aliphatic heterocycles. The van der Waals surface area contributed by atoms with E-state index < -0.39 is 17.9 Å². The predicted octanol–water partition coefficient (Wildman–Crippen LogP) is 1.37. The largest absolute Gasteiger partial charge is 0.481 e. The van der Waals surface area contributed by atoms with Gasteiger partial charge in [0.25, 0.3) is 0 Å². The summed E-state index contributed by atoms with van der Waals surface area (Å²) >= 11 is 0. The molecule has 104 valence electrons. The Bertz CT molecular complexity index is 642. The van der Waals surface area contributed by atoms with Crippen molar-refractivity contribution in [1.29, 1.82) is 0 Å². The molecule has 0 saturated heterocycles. The monoisotopic (exact) mass is 273 g/mol. The second-order valence-corrected chi connectivity index (χ2v) is 4.44. The highest BCUT2D eigenvalue weighted by Crippen LogP contribution is 2.17. The Hall–Kier alpha value is -2.47. The number of nitrogens with two attached hydrogens (primary N) is 1. The lowest BCUT2D eigenvalue weighted by Gasteiger charge is -2.11. The lowest BCUT2D eigenvalue weighted by molar-refractivity contribution is -0.137. The fourth-order valence-electron chi connectivity index (χ4n) is 1.80. The Morgan fingerprint density at radius 2 is 2.15 bits per heavy atom. The van der Waals surface area contributed by atoms with Gasteiger partial charge in [0.15, 0.2) is 0 Å². The summed E-state index contributed by atoms with van der Waals surface area (Å²) in [4.78, 5) is 26.4. The van der Waals surface area contributed by atoms with Crippen LogP contribution in [0.4, 0.5) is 5.69 Å². The van der Waals surface area contributed by atoms with Crippen LogP contribution in [0.25, 0.3) is 10.9 Å². The number of rotatable bonds is 5. The molecule has 2 aromatic rings. The molecule has 1 heterocycles. The summed E-state index contributed by atoms with van der Waals surface area (Å²) < 4.78 is 0. The van der Waals surface area contributed by atoms with Crippen LogP contribution in [0.2, 0.25) is 0 Å². The number of fused-ring (bicyclic) bond motifs is 1. The summed E-state index contributed by atoms with van der Waals surface area (Å²) in [5, 5.41) is 12.1. The minimum atomic E-state index is -0.968. The molecule has 4 N–H and O–H groups in total. The number of anilines is 1. The molecule has 0 bridgehead atoms. The van der Waals surface area contributed by atoms with E-state index >= 15 is 0 Å². The second kappa shape index (κ2) is 6.12. The summed E-state index contributed by atoms with van der Waals surface area (Å²) in [6.45, 7) is 0. The van der Waals surface area contributed by atoms with E-state index in [4.69, 9.17) is 10.8 Å². The molecule has 0 unspecified atom stereocenters. The number of carbonyl (C=O) groups excluding carboxylic acids is 1. The van der Waals surface area contributed by atoms with Crippen molar-refractivity contribution in [2.45, 2.75) is 18.9 Å². The molecule has 20 heavy (non-hydrogen) atoms. The van der Waals surface area contributed by atoms with Crippen LogP contribution in [0.5, 0.6) is 0 Å². The molecule has 0 aliphatic rings. The van der Waals surface area contributed by atoms with Gasteiger partial charge in [0, 0.05) is 23.7 Å². The van der Waals surface area contributed by atoms with Gasteiger partial charge in [0.05, 0.1) is 11.6 Å². The van der Waals surface area contributed by atoms with E-state index in [1.54, 1.807) is 24.4 Å². The van der Waals surface area contributed by atoms with Gasteiger partial charge >= 0.3 is 5.97 Å². The predicted molar refractivity (Wildman–Crippen MR) is 75.2 cm³/mol. The van der Waals surface area contributed by atoms with Crippen LogP contribution in [0.3, 0.4) is 0 Å². The summed E-state index contributed by atoms with van der Waals surface area (Å²) in [6.07, 6.45) is 1.68. The lowest BCUT2D eigenvalue weighted by Crippen LogP contribution is -2.36. The highest BCUT2D eigenvalue weighted by molar-refractivity contribution is 5.96. The van der Waals surface area contributed by atoms with Crippen molar-refractivity contribution in [3.63, 3.8) is 0 Å². The van der Waals surface area contributed by atoms with Crippen LogP contribution in [-0.4, -0.2) is 28.0 Å². The van der Waals surface area contributed by atoms with E-state index in [0.717, 1.165) is 10.9 Å². The van der Waals surface area contributed by atoms with Crippen LogP contribution in [-0.2, 0) is 9.59 Å². The number of pyridine rings is 1. The van der Waals surface area contributed by atoms with Gasteiger partial charge in [0.1, 0.15) is 0 Å². The van der Waals surface area contributed by atoms with Crippen molar-refractivity contribution in [3.05, 3.63) is 36.5 Å². The smallest absolute Gasteiger partial charge is 0.303 e. The first-order valence-electron chi connectivity index (χ1n) is 6.19. The van der Waals surface area contributed by atoms with Gasteiger partial charge in [-0.1, -0.05) is 6.07 Å². The van der Waals surface area contributed by atoms with E-state index in [0.29, 0.717) is 5.69 Å². The van der Waals surface area contributed by atoms with Crippen LogP contribution in [0.1, 0.15) is 12.8 Å². The molecule has 2 rings (SSSR count). The summed E-state index contributed by atoms with van der Waals surface area (Å²) in [7, 11) is 0. The zero-order valence-electron chi connectivity index (χ0n) is 10.7. The van der Waals surface area contributed by atoms with Gasteiger partial charge in [-0.2, -0.15) is 0 Å². The number of carboxylic acids is 1. The molecule has 1 aromatic heterocycles. The number of aromatic nitrogens is 1. The van der Waals surface area contributed by atoms with E-state index in [1.807, 2.05) is 12.1 Å². The molecule has 6 nitrogen and oxygen atoms in total. The Kier molecular flexibility index (Phi) is 4.27. The third-order valence-electron chi connectivity index (χ3n) is 2.88. The maximum atomic E-state index is 11.8. The Morgan fingerprint density at radius 1 is 1.35 bits per heavy atom. The number of hydrogen-bond donors (Lipinski definition) is 3. The number of carboxylic acid groups (broad SMARTS) is 1. The van der Waals surface area contributed by atoms with Crippen molar-refractivity contribution in [3.8, 4) is 0 Å². The molecule has 0 spiro atoms. The average Bonchev–Trinajstić information content (AvgIpc) is 2.44. The molecule has 6 heteroatoms. The Morgan fingerprint density at radius 3 is 2.90 bits per heavy atom. The molecular weight excluding hydrogens is 258 g/mol. The van der Waals surface area contributed by atoms with Gasteiger partial charge in [-0.05, 0) is 30.7 Å². The molecule has 0 fully saturated rings. The van der Waals surface area contributed by atoms with E-state index in [2.05, 4.69) is 10.3 Å². The molecular formula is C14H15N3O3. The van der Waals surface area contributed by atoms with Gasteiger partial charge in [-0.3, -0.25) is 14.6 Å². The Labute approximate surface area is 115 Å².